The van der Waals surface area contributed by atoms with Gasteiger partial charge in [-0.1, -0.05) is 30.1 Å². The third-order valence-corrected chi connectivity index (χ3v) is 6.33. The molecule has 1 aromatic carbocycles. The average Bonchev–Trinajstić information content (AvgIpc) is 3.32. The van der Waals surface area contributed by atoms with Gasteiger partial charge in [0.25, 0.3) is 5.91 Å². The number of nitrogens with zero attached hydrogens (tertiary/aromatic N) is 3. The number of amides is 2. The Morgan fingerprint density at radius 1 is 1.19 bits per heavy atom. The lowest BCUT2D eigenvalue weighted by atomic mass is 9.88. The van der Waals surface area contributed by atoms with E-state index in [0.29, 0.717) is 25.3 Å². The molecule has 2 atom stereocenters. The summed E-state index contributed by atoms with van der Waals surface area (Å²) in [7, 11) is 0. The number of alkyl halides is 3. The smallest absolute Gasteiger partial charge is 0.380 e. The second kappa shape index (κ2) is 7.88. The highest BCUT2D eigenvalue weighted by molar-refractivity contribution is 5.99. The van der Waals surface area contributed by atoms with E-state index < -0.39 is 12.1 Å². The molecule has 2 aromatic rings. The van der Waals surface area contributed by atoms with Crippen molar-refractivity contribution in [1.29, 1.82) is 0 Å². The summed E-state index contributed by atoms with van der Waals surface area (Å²) >= 11 is 0. The topological polar surface area (TPSA) is 97.6 Å². The monoisotopic (exact) mass is 450 g/mol. The SMILES string of the molecule is O=C(N[C@@H]1CCCC[C@H]1N1Cc2ccc(-c3noc(C(F)(F)F)n3)cc2C1=O)C1COC1. The minimum Gasteiger partial charge on any atom is -0.380 e. The third-order valence-electron chi connectivity index (χ3n) is 6.33. The van der Waals surface area contributed by atoms with Crippen LogP contribution >= 0.6 is 0 Å². The maximum Gasteiger partial charge on any atom is 0.471 e. The molecule has 11 heteroatoms. The molecule has 1 saturated carbocycles. The first-order valence-corrected chi connectivity index (χ1v) is 10.5. The van der Waals surface area contributed by atoms with E-state index in [2.05, 4.69) is 20.0 Å². The zero-order valence-electron chi connectivity index (χ0n) is 17.0. The van der Waals surface area contributed by atoms with Gasteiger partial charge in [-0.05, 0) is 24.5 Å². The van der Waals surface area contributed by atoms with Gasteiger partial charge in [0.05, 0.1) is 25.2 Å². The summed E-state index contributed by atoms with van der Waals surface area (Å²) in [6, 6.07) is 4.51. The van der Waals surface area contributed by atoms with Gasteiger partial charge >= 0.3 is 12.1 Å². The molecule has 0 radical (unpaired) electrons. The molecule has 0 spiro atoms. The zero-order valence-corrected chi connectivity index (χ0v) is 17.0. The predicted molar refractivity (Wildman–Crippen MR) is 103 cm³/mol. The maximum absolute atomic E-state index is 13.2. The molecule has 2 amide bonds. The number of fused-ring (bicyclic) bond motifs is 1. The first-order valence-electron chi connectivity index (χ1n) is 10.5. The molecule has 1 aromatic heterocycles. The van der Waals surface area contributed by atoms with Crippen molar-refractivity contribution >= 4 is 11.8 Å². The summed E-state index contributed by atoms with van der Waals surface area (Å²) in [6.07, 6.45) is -1.24. The fourth-order valence-corrected chi connectivity index (χ4v) is 4.53. The lowest BCUT2D eigenvalue weighted by molar-refractivity contribution is -0.159. The van der Waals surface area contributed by atoms with E-state index in [0.717, 1.165) is 31.2 Å². The molecule has 8 nitrogen and oxygen atoms in total. The molecule has 3 aliphatic rings. The normalized spacial score (nSPS) is 23.7. The molecular formula is C21H21F3N4O4. The summed E-state index contributed by atoms with van der Waals surface area (Å²) in [5.41, 5.74) is 1.46. The Kier molecular flexibility index (Phi) is 5.15. The van der Waals surface area contributed by atoms with Crippen molar-refractivity contribution in [2.75, 3.05) is 13.2 Å². The van der Waals surface area contributed by atoms with Gasteiger partial charge in [0, 0.05) is 23.7 Å². The van der Waals surface area contributed by atoms with Crippen molar-refractivity contribution in [3.63, 3.8) is 0 Å². The zero-order chi connectivity index (χ0) is 22.5. The molecule has 3 heterocycles. The van der Waals surface area contributed by atoms with Crippen molar-refractivity contribution in [3.8, 4) is 11.4 Å². The number of hydrogen-bond donors (Lipinski definition) is 1. The van der Waals surface area contributed by atoms with Crippen LogP contribution in [0.3, 0.4) is 0 Å². The number of halogens is 3. The number of carbonyl (C=O) groups excluding carboxylic acids is 2. The van der Waals surface area contributed by atoms with Crippen molar-refractivity contribution in [2.45, 2.75) is 50.5 Å². The Hall–Kier alpha value is -2.95. The number of ether oxygens (including phenoxy) is 1. The van der Waals surface area contributed by atoms with Gasteiger partial charge in [0.2, 0.25) is 11.7 Å². The standard InChI is InChI=1S/C21H21F3N4O4/c22-21(23,24)20-26-17(27-32-20)11-5-6-12-8-28(19(30)14(12)7-11)16-4-2-1-3-15(16)25-18(29)13-9-31-10-13/h5-7,13,15-16H,1-4,8-10H2,(H,25,29)/t15-,16-/m1/s1. The molecule has 1 saturated heterocycles. The first kappa shape index (κ1) is 20.9. The molecule has 0 bridgehead atoms. The van der Waals surface area contributed by atoms with E-state index in [-0.39, 0.29) is 41.2 Å². The number of nitrogens with one attached hydrogen (secondary N) is 1. The second-order valence-electron chi connectivity index (χ2n) is 8.43. The predicted octanol–water partition coefficient (Wildman–Crippen LogP) is 2.79. The maximum atomic E-state index is 13.2. The largest absolute Gasteiger partial charge is 0.471 e. The first-order chi connectivity index (χ1) is 15.3. The highest BCUT2D eigenvalue weighted by Crippen LogP contribution is 2.34. The van der Waals surface area contributed by atoms with Gasteiger partial charge in [-0.2, -0.15) is 18.2 Å². The number of carbonyl (C=O) groups is 2. The lowest BCUT2D eigenvalue weighted by Gasteiger charge is -2.39. The van der Waals surface area contributed by atoms with Crippen LogP contribution in [0.5, 0.6) is 0 Å². The van der Waals surface area contributed by atoms with Crippen LogP contribution in [0.15, 0.2) is 22.7 Å². The van der Waals surface area contributed by atoms with Crippen LogP contribution in [0.25, 0.3) is 11.4 Å². The average molecular weight is 450 g/mol. The molecular weight excluding hydrogens is 429 g/mol. The van der Waals surface area contributed by atoms with Crippen LogP contribution in [0.2, 0.25) is 0 Å². The molecule has 1 N–H and O–H groups in total. The van der Waals surface area contributed by atoms with E-state index in [1.807, 2.05) is 0 Å². The van der Waals surface area contributed by atoms with E-state index in [4.69, 9.17) is 4.74 Å². The number of rotatable bonds is 4. The van der Waals surface area contributed by atoms with E-state index in [1.54, 1.807) is 17.0 Å². The minimum absolute atomic E-state index is 0.0443. The van der Waals surface area contributed by atoms with Gasteiger partial charge in [0.1, 0.15) is 0 Å². The van der Waals surface area contributed by atoms with Gasteiger partial charge in [0.15, 0.2) is 0 Å². The number of benzene rings is 1. The minimum atomic E-state index is -4.74. The highest BCUT2D eigenvalue weighted by Gasteiger charge is 2.41. The van der Waals surface area contributed by atoms with Gasteiger partial charge < -0.3 is 19.5 Å². The van der Waals surface area contributed by atoms with Crippen molar-refractivity contribution in [1.82, 2.24) is 20.4 Å². The number of hydrogen-bond acceptors (Lipinski definition) is 6. The van der Waals surface area contributed by atoms with Crippen molar-refractivity contribution in [3.05, 3.63) is 35.2 Å². The Morgan fingerprint density at radius 3 is 2.66 bits per heavy atom. The second-order valence-corrected chi connectivity index (χ2v) is 8.43. The van der Waals surface area contributed by atoms with Crippen molar-refractivity contribution < 1.29 is 32.0 Å². The van der Waals surface area contributed by atoms with Crippen molar-refractivity contribution in [2.24, 2.45) is 5.92 Å². The Morgan fingerprint density at radius 2 is 1.97 bits per heavy atom. The molecule has 32 heavy (non-hydrogen) atoms. The van der Waals surface area contributed by atoms with Crippen LogP contribution in [-0.2, 0) is 22.3 Å². The molecule has 2 fully saturated rings. The molecule has 5 rings (SSSR count). The van der Waals surface area contributed by atoms with E-state index >= 15 is 0 Å². The lowest BCUT2D eigenvalue weighted by Crippen LogP contribution is -2.56. The van der Waals surface area contributed by atoms with Crippen LogP contribution in [0.4, 0.5) is 13.2 Å². The number of aromatic nitrogens is 2. The van der Waals surface area contributed by atoms with Crippen LogP contribution in [0.1, 0.15) is 47.5 Å². The van der Waals surface area contributed by atoms with Crippen LogP contribution in [-0.4, -0.2) is 52.2 Å². The summed E-state index contributed by atoms with van der Waals surface area (Å²) in [6.45, 7) is 1.23. The van der Waals surface area contributed by atoms with Gasteiger partial charge in [-0.3, -0.25) is 9.59 Å². The quantitative estimate of drug-likeness (QED) is 0.770. The summed E-state index contributed by atoms with van der Waals surface area (Å²) in [5.74, 6) is -2.05. The molecule has 1 aliphatic carbocycles. The summed E-state index contributed by atoms with van der Waals surface area (Å²) < 4.78 is 47.7. The van der Waals surface area contributed by atoms with Gasteiger partial charge in [-0.15, -0.1) is 0 Å². The summed E-state index contributed by atoms with van der Waals surface area (Å²) in [5, 5.41) is 6.50. The fraction of sp³-hybridized carbons (Fsp3) is 0.524. The summed E-state index contributed by atoms with van der Waals surface area (Å²) in [4.78, 5) is 30.8. The Labute approximate surface area is 181 Å². The molecule has 2 aliphatic heterocycles. The fourth-order valence-electron chi connectivity index (χ4n) is 4.53. The third kappa shape index (κ3) is 3.74. The van der Waals surface area contributed by atoms with Crippen LogP contribution in [0, 0.1) is 5.92 Å². The Balaban J connectivity index is 1.35. The van der Waals surface area contributed by atoms with Gasteiger partial charge in [-0.25, -0.2) is 0 Å². The Bertz CT molecular complexity index is 1050. The highest BCUT2D eigenvalue weighted by atomic mass is 19.4. The van der Waals surface area contributed by atoms with E-state index in [9.17, 15) is 22.8 Å². The van der Waals surface area contributed by atoms with E-state index in [1.165, 1.54) is 6.07 Å². The van der Waals surface area contributed by atoms with Crippen LogP contribution < -0.4 is 5.32 Å². The molecule has 0 unspecified atom stereocenters. The molecule has 170 valence electrons.